The molecule has 1 heterocycles. The number of nitrogens with zero attached hydrogens (tertiary/aromatic N) is 2. The van der Waals surface area contributed by atoms with Crippen molar-refractivity contribution in [3.05, 3.63) is 29.6 Å². The van der Waals surface area contributed by atoms with Gasteiger partial charge in [-0.2, -0.15) is 0 Å². The standard InChI is InChI=1S/C13H18ClN3O2S/c1-10-5-3-6-11-13(10)16-12(9-14)17(11)8-4-7-15-20(2,18)19/h3,5-6,15H,4,7-9H2,1-2H3. The second-order valence-electron chi connectivity index (χ2n) is 4.78. The topological polar surface area (TPSA) is 64.0 Å². The summed E-state index contributed by atoms with van der Waals surface area (Å²) in [4.78, 5) is 4.55. The molecule has 0 aliphatic carbocycles. The number of hydrogen-bond acceptors (Lipinski definition) is 3. The van der Waals surface area contributed by atoms with E-state index in [0.29, 0.717) is 25.4 Å². The van der Waals surface area contributed by atoms with Crippen molar-refractivity contribution < 1.29 is 8.42 Å². The first-order valence-corrected chi connectivity index (χ1v) is 8.80. The number of rotatable bonds is 6. The molecule has 2 rings (SSSR count). The van der Waals surface area contributed by atoms with Gasteiger partial charge in [-0.05, 0) is 25.0 Å². The number of hydrogen-bond donors (Lipinski definition) is 1. The molecule has 0 fully saturated rings. The summed E-state index contributed by atoms with van der Waals surface area (Å²) < 4.78 is 26.6. The second kappa shape index (κ2) is 6.11. The molecule has 0 atom stereocenters. The second-order valence-corrected chi connectivity index (χ2v) is 6.88. The van der Waals surface area contributed by atoms with E-state index in [1.165, 1.54) is 0 Å². The fraction of sp³-hybridized carbons (Fsp3) is 0.462. The van der Waals surface area contributed by atoms with Crippen LogP contribution >= 0.6 is 11.6 Å². The first-order chi connectivity index (χ1) is 9.42. The number of nitrogens with one attached hydrogen (secondary N) is 1. The number of alkyl halides is 1. The van der Waals surface area contributed by atoms with Crippen molar-refractivity contribution in [2.24, 2.45) is 0 Å². The Hall–Kier alpha value is -1.11. The van der Waals surface area contributed by atoms with Crippen molar-refractivity contribution in [2.75, 3.05) is 12.8 Å². The summed E-state index contributed by atoms with van der Waals surface area (Å²) in [6.07, 6.45) is 1.85. The molecule has 110 valence electrons. The van der Waals surface area contributed by atoms with Crippen molar-refractivity contribution in [2.45, 2.75) is 25.8 Å². The quantitative estimate of drug-likeness (QED) is 0.655. The average Bonchev–Trinajstić information content (AvgIpc) is 2.73. The van der Waals surface area contributed by atoms with Crippen molar-refractivity contribution in [3.8, 4) is 0 Å². The number of imidazole rings is 1. The lowest BCUT2D eigenvalue weighted by atomic mass is 10.2. The van der Waals surface area contributed by atoms with E-state index in [0.717, 1.165) is 28.7 Å². The van der Waals surface area contributed by atoms with E-state index in [1.807, 2.05) is 25.1 Å². The summed E-state index contributed by atoms with van der Waals surface area (Å²) in [5.41, 5.74) is 3.11. The molecule has 0 spiro atoms. The first kappa shape index (κ1) is 15.3. The molecule has 0 aliphatic rings. The molecule has 0 unspecified atom stereocenters. The third-order valence-electron chi connectivity index (χ3n) is 3.10. The number of fused-ring (bicyclic) bond motifs is 1. The zero-order valence-electron chi connectivity index (χ0n) is 11.6. The monoisotopic (exact) mass is 315 g/mol. The molecule has 7 heteroatoms. The normalized spacial score (nSPS) is 12.2. The molecule has 0 saturated carbocycles. The van der Waals surface area contributed by atoms with Gasteiger partial charge in [-0.15, -0.1) is 11.6 Å². The lowest BCUT2D eigenvalue weighted by Crippen LogP contribution is -2.24. The van der Waals surface area contributed by atoms with Crippen LogP contribution in [0.2, 0.25) is 0 Å². The molecule has 0 saturated heterocycles. The number of halogens is 1. The minimum Gasteiger partial charge on any atom is -0.327 e. The minimum atomic E-state index is -3.13. The Kier molecular flexibility index (Phi) is 4.67. The van der Waals surface area contributed by atoms with Crippen molar-refractivity contribution in [3.63, 3.8) is 0 Å². The van der Waals surface area contributed by atoms with Crippen molar-refractivity contribution >= 4 is 32.7 Å². The minimum absolute atomic E-state index is 0.341. The molecule has 1 aromatic heterocycles. The average molecular weight is 316 g/mol. The van der Waals surface area contributed by atoms with E-state index in [-0.39, 0.29) is 0 Å². The Labute approximate surface area is 124 Å². The number of sulfonamides is 1. The Bertz CT molecular complexity index is 710. The summed E-state index contributed by atoms with van der Waals surface area (Å²) in [7, 11) is -3.13. The van der Waals surface area contributed by atoms with Gasteiger partial charge >= 0.3 is 0 Å². The lowest BCUT2D eigenvalue weighted by molar-refractivity contribution is 0.575. The lowest BCUT2D eigenvalue weighted by Gasteiger charge is -2.08. The van der Waals surface area contributed by atoms with Crippen LogP contribution in [0.25, 0.3) is 11.0 Å². The van der Waals surface area contributed by atoms with E-state index < -0.39 is 10.0 Å². The highest BCUT2D eigenvalue weighted by Gasteiger charge is 2.11. The highest BCUT2D eigenvalue weighted by Crippen LogP contribution is 2.21. The number of para-hydroxylation sites is 1. The number of aromatic nitrogens is 2. The zero-order chi connectivity index (χ0) is 14.8. The molecule has 0 aliphatic heterocycles. The summed E-state index contributed by atoms with van der Waals surface area (Å²) in [5, 5.41) is 0. The molecule has 5 nitrogen and oxygen atoms in total. The van der Waals surface area contributed by atoms with Gasteiger partial charge in [-0.1, -0.05) is 12.1 Å². The van der Waals surface area contributed by atoms with E-state index in [4.69, 9.17) is 11.6 Å². The molecule has 1 aromatic carbocycles. The van der Waals surface area contributed by atoms with Crippen LogP contribution in [-0.2, 0) is 22.4 Å². The Morgan fingerprint density at radius 2 is 2.15 bits per heavy atom. The molecular weight excluding hydrogens is 298 g/mol. The van der Waals surface area contributed by atoms with E-state index in [2.05, 4.69) is 14.3 Å². The van der Waals surface area contributed by atoms with Gasteiger partial charge in [0.2, 0.25) is 10.0 Å². The molecule has 0 bridgehead atoms. The summed E-state index contributed by atoms with van der Waals surface area (Å²) >= 11 is 5.95. The predicted molar refractivity (Wildman–Crippen MR) is 81.5 cm³/mol. The smallest absolute Gasteiger partial charge is 0.208 e. The molecular formula is C13H18ClN3O2S. The summed E-state index contributed by atoms with van der Waals surface area (Å²) in [6, 6.07) is 6.01. The van der Waals surface area contributed by atoms with Crippen LogP contribution in [-0.4, -0.2) is 30.8 Å². The fourth-order valence-electron chi connectivity index (χ4n) is 2.18. The molecule has 2 aromatic rings. The molecule has 20 heavy (non-hydrogen) atoms. The van der Waals surface area contributed by atoms with E-state index in [1.54, 1.807) is 0 Å². The summed E-state index contributed by atoms with van der Waals surface area (Å²) in [6.45, 7) is 3.11. The number of benzene rings is 1. The van der Waals surface area contributed by atoms with Gasteiger partial charge in [0.1, 0.15) is 5.82 Å². The highest BCUT2D eigenvalue weighted by atomic mass is 35.5. The van der Waals surface area contributed by atoms with Gasteiger partial charge in [0.25, 0.3) is 0 Å². The van der Waals surface area contributed by atoms with Gasteiger partial charge in [0, 0.05) is 13.1 Å². The van der Waals surface area contributed by atoms with E-state index in [9.17, 15) is 8.42 Å². The molecule has 0 radical (unpaired) electrons. The Balaban J connectivity index is 2.18. The molecule has 1 N–H and O–H groups in total. The van der Waals surface area contributed by atoms with Gasteiger partial charge < -0.3 is 4.57 Å². The maximum Gasteiger partial charge on any atom is 0.208 e. The zero-order valence-corrected chi connectivity index (χ0v) is 13.1. The van der Waals surface area contributed by atoms with Crippen LogP contribution < -0.4 is 4.72 Å². The van der Waals surface area contributed by atoms with E-state index >= 15 is 0 Å². The third kappa shape index (κ3) is 3.50. The maximum absolute atomic E-state index is 11.0. The fourth-order valence-corrected chi connectivity index (χ4v) is 2.90. The Morgan fingerprint density at radius 1 is 1.40 bits per heavy atom. The van der Waals surface area contributed by atoms with Gasteiger partial charge in [0.15, 0.2) is 0 Å². The van der Waals surface area contributed by atoms with Crippen LogP contribution in [0, 0.1) is 6.92 Å². The van der Waals surface area contributed by atoms with Gasteiger partial charge in [0.05, 0.1) is 23.2 Å². The van der Waals surface area contributed by atoms with Gasteiger partial charge in [-0.25, -0.2) is 18.1 Å². The van der Waals surface area contributed by atoms with Crippen LogP contribution in [0.3, 0.4) is 0 Å². The SMILES string of the molecule is Cc1cccc2c1nc(CCl)n2CCCNS(C)(=O)=O. The maximum atomic E-state index is 11.0. The Morgan fingerprint density at radius 3 is 2.80 bits per heavy atom. The summed E-state index contributed by atoms with van der Waals surface area (Å²) in [5.74, 6) is 1.16. The van der Waals surface area contributed by atoms with Crippen molar-refractivity contribution in [1.29, 1.82) is 0 Å². The predicted octanol–water partition coefficient (Wildman–Crippen LogP) is 2.02. The van der Waals surface area contributed by atoms with Crippen LogP contribution in [0.15, 0.2) is 18.2 Å². The molecule has 0 amide bonds. The van der Waals surface area contributed by atoms with Crippen LogP contribution in [0.4, 0.5) is 0 Å². The van der Waals surface area contributed by atoms with Crippen molar-refractivity contribution in [1.82, 2.24) is 14.3 Å². The van der Waals surface area contributed by atoms with Crippen LogP contribution in [0.1, 0.15) is 17.8 Å². The third-order valence-corrected chi connectivity index (χ3v) is 4.07. The first-order valence-electron chi connectivity index (χ1n) is 6.37. The largest absolute Gasteiger partial charge is 0.327 e. The van der Waals surface area contributed by atoms with Gasteiger partial charge in [-0.3, -0.25) is 0 Å². The number of aryl methyl sites for hydroxylation is 2. The highest BCUT2D eigenvalue weighted by molar-refractivity contribution is 7.88. The van der Waals surface area contributed by atoms with Crippen LogP contribution in [0.5, 0.6) is 0 Å².